The van der Waals surface area contributed by atoms with E-state index < -0.39 is 18.7 Å². The summed E-state index contributed by atoms with van der Waals surface area (Å²) in [5.74, 6) is -0.518. The highest BCUT2D eigenvalue weighted by molar-refractivity contribution is 6.13. The zero-order chi connectivity index (χ0) is 24.8. The molecule has 34 heavy (non-hydrogen) atoms. The van der Waals surface area contributed by atoms with E-state index in [9.17, 15) is 18.4 Å². The molecule has 0 bridgehead atoms. The van der Waals surface area contributed by atoms with Gasteiger partial charge in [-0.25, -0.2) is 9.79 Å². The van der Waals surface area contributed by atoms with E-state index in [-0.39, 0.29) is 28.8 Å². The Kier molecular flexibility index (Phi) is 7.83. The number of hydrogen-bond acceptors (Lipinski definition) is 7. The Morgan fingerprint density at radius 2 is 1.85 bits per heavy atom. The number of esters is 1. The Hall–Kier alpha value is -3.95. The van der Waals surface area contributed by atoms with Gasteiger partial charge in [-0.2, -0.15) is 8.78 Å². The van der Waals surface area contributed by atoms with Gasteiger partial charge in [0.25, 0.3) is 5.91 Å². The Bertz CT molecular complexity index is 1130. The summed E-state index contributed by atoms with van der Waals surface area (Å²) < 4.78 is 46.5. The van der Waals surface area contributed by atoms with Crippen molar-refractivity contribution in [3.63, 3.8) is 0 Å². The zero-order valence-electron chi connectivity index (χ0n) is 19.1. The number of cyclic esters (lactones) is 1. The van der Waals surface area contributed by atoms with Gasteiger partial charge in [0.15, 0.2) is 23.3 Å². The van der Waals surface area contributed by atoms with E-state index in [4.69, 9.17) is 14.2 Å². The van der Waals surface area contributed by atoms with E-state index in [1.54, 1.807) is 52.2 Å². The lowest BCUT2D eigenvalue weighted by molar-refractivity contribution is -0.135. The molecule has 0 saturated carbocycles. The van der Waals surface area contributed by atoms with Crippen LogP contribution in [0, 0.1) is 0 Å². The van der Waals surface area contributed by atoms with Gasteiger partial charge >= 0.3 is 12.6 Å². The predicted octanol–water partition coefficient (Wildman–Crippen LogP) is 3.89. The molecule has 3 rings (SSSR count). The van der Waals surface area contributed by atoms with Crippen LogP contribution in [0.2, 0.25) is 0 Å². The van der Waals surface area contributed by atoms with Crippen LogP contribution in [0.25, 0.3) is 6.08 Å². The second-order valence-electron chi connectivity index (χ2n) is 7.34. The molecule has 1 unspecified atom stereocenters. The Balaban J connectivity index is 1.89. The number of carbonyl (C=O) groups is 2. The van der Waals surface area contributed by atoms with Crippen molar-refractivity contribution in [2.75, 3.05) is 20.7 Å². The highest BCUT2D eigenvalue weighted by Crippen LogP contribution is 2.32. The Morgan fingerprint density at radius 1 is 1.12 bits per heavy atom. The average molecular weight is 474 g/mol. The lowest BCUT2D eigenvalue weighted by atomic mass is 10.1. The minimum atomic E-state index is -3.04. The number of para-hydroxylation sites is 1. The van der Waals surface area contributed by atoms with Gasteiger partial charge in [0.05, 0.1) is 12.2 Å². The maximum Gasteiger partial charge on any atom is 0.387 e. The molecule has 1 amide bonds. The number of benzene rings is 2. The lowest BCUT2D eigenvalue weighted by Crippen LogP contribution is -2.35. The number of amides is 1. The van der Waals surface area contributed by atoms with Crippen LogP contribution in [0.5, 0.6) is 17.2 Å². The summed E-state index contributed by atoms with van der Waals surface area (Å²) in [4.78, 5) is 30.1. The van der Waals surface area contributed by atoms with E-state index in [0.29, 0.717) is 23.7 Å². The first kappa shape index (κ1) is 24.7. The summed E-state index contributed by atoms with van der Waals surface area (Å²) in [5.41, 5.74) is 0.642. The third-order valence-electron chi connectivity index (χ3n) is 4.62. The third-order valence-corrected chi connectivity index (χ3v) is 4.62. The molecule has 0 radical (unpaired) electrons. The van der Waals surface area contributed by atoms with E-state index in [1.165, 1.54) is 29.2 Å². The predicted molar refractivity (Wildman–Crippen MR) is 120 cm³/mol. The molecule has 0 fully saturated rings. The smallest absolute Gasteiger partial charge is 0.387 e. The maximum atomic E-state index is 12.7. The number of aliphatic imine (C=N–C) groups is 1. The fourth-order valence-corrected chi connectivity index (χ4v) is 3.11. The van der Waals surface area contributed by atoms with E-state index in [1.807, 2.05) is 0 Å². The van der Waals surface area contributed by atoms with Gasteiger partial charge in [-0.3, -0.25) is 4.79 Å². The van der Waals surface area contributed by atoms with Gasteiger partial charge in [0, 0.05) is 14.1 Å². The summed E-state index contributed by atoms with van der Waals surface area (Å²) in [7, 11) is 3.27. The SMILES string of the molecule is CCOc1cc(/C=C2\N=C(c3ccccc3OC(F)F)OC2=O)ccc1OC(C)C(=O)N(C)C. The van der Waals surface area contributed by atoms with Crippen LogP contribution in [0.1, 0.15) is 25.0 Å². The minimum Gasteiger partial charge on any atom is -0.490 e. The molecule has 1 aliphatic rings. The average Bonchev–Trinajstić information content (AvgIpc) is 3.14. The number of carbonyl (C=O) groups excluding carboxylic acids is 2. The van der Waals surface area contributed by atoms with Gasteiger partial charge in [-0.05, 0) is 49.8 Å². The number of halogens is 2. The van der Waals surface area contributed by atoms with Gasteiger partial charge in [0.1, 0.15) is 5.75 Å². The molecule has 1 atom stereocenters. The largest absolute Gasteiger partial charge is 0.490 e. The number of likely N-dealkylation sites (N-methyl/N-ethyl adjacent to an activating group) is 1. The number of nitrogens with zero attached hydrogens (tertiary/aromatic N) is 2. The molecule has 8 nitrogen and oxygen atoms in total. The molecular formula is C24H24F2N2O6. The molecular weight excluding hydrogens is 450 g/mol. The van der Waals surface area contributed by atoms with Gasteiger partial charge in [0.2, 0.25) is 5.90 Å². The topological polar surface area (TPSA) is 86.7 Å². The van der Waals surface area contributed by atoms with Crippen LogP contribution in [0.3, 0.4) is 0 Å². The minimum absolute atomic E-state index is 0.0332. The molecule has 0 spiro atoms. The molecule has 10 heteroatoms. The first-order valence-corrected chi connectivity index (χ1v) is 10.4. The van der Waals surface area contributed by atoms with Crippen molar-refractivity contribution < 1.29 is 37.3 Å². The van der Waals surface area contributed by atoms with Crippen molar-refractivity contribution in [2.24, 2.45) is 4.99 Å². The first-order valence-electron chi connectivity index (χ1n) is 10.4. The summed E-state index contributed by atoms with van der Waals surface area (Å²) >= 11 is 0. The number of ether oxygens (including phenoxy) is 4. The third kappa shape index (κ3) is 5.89. The molecule has 0 saturated heterocycles. The van der Waals surface area contributed by atoms with Crippen molar-refractivity contribution in [1.82, 2.24) is 4.90 Å². The first-order chi connectivity index (χ1) is 16.2. The standard InChI is InChI=1S/C24H24F2N2O6/c1-5-31-20-13-15(10-11-19(20)32-14(2)22(29)28(3)4)12-17-23(30)34-21(27-17)16-8-6-7-9-18(16)33-24(25)26/h6-14,24H,5H2,1-4H3/b17-12-. The van der Waals surface area contributed by atoms with Gasteiger partial charge < -0.3 is 23.8 Å². The van der Waals surface area contributed by atoms with Crippen LogP contribution in [0.4, 0.5) is 8.78 Å². The molecule has 0 aromatic heterocycles. The summed E-state index contributed by atoms with van der Waals surface area (Å²) in [6.07, 6.45) is 0.734. The van der Waals surface area contributed by atoms with Crippen molar-refractivity contribution in [1.29, 1.82) is 0 Å². The van der Waals surface area contributed by atoms with Crippen LogP contribution < -0.4 is 14.2 Å². The van der Waals surface area contributed by atoms with Gasteiger partial charge in [-0.15, -0.1) is 0 Å². The molecule has 1 aliphatic heterocycles. The Morgan fingerprint density at radius 3 is 2.53 bits per heavy atom. The molecule has 0 N–H and O–H groups in total. The number of alkyl halides is 2. The highest BCUT2D eigenvalue weighted by atomic mass is 19.3. The van der Waals surface area contributed by atoms with E-state index >= 15 is 0 Å². The maximum absolute atomic E-state index is 12.7. The van der Waals surface area contributed by atoms with Crippen LogP contribution >= 0.6 is 0 Å². The van der Waals surface area contributed by atoms with Crippen LogP contribution in [0.15, 0.2) is 53.2 Å². The molecule has 180 valence electrons. The normalized spacial score (nSPS) is 15.1. The molecule has 2 aromatic carbocycles. The van der Waals surface area contributed by atoms with Crippen molar-refractivity contribution in [3.8, 4) is 17.2 Å². The van der Waals surface area contributed by atoms with Gasteiger partial charge in [-0.1, -0.05) is 18.2 Å². The number of rotatable bonds is 9. The van der Waals surface area contributed by atoms with E-state index in [0.717, 1.165) is 0 Å². The highest BCUT2D eigenvalue weighted by Gasteiger charge is 2.27. The fraction of sp³-hybridized carbons (Fsp3) is 0.292. The quantitative estimate of drug-likeness (QED) is 0.405. The zero-order valence-corrected chi connectivity index (χ0v) is 19.1. The monoisotopic (exact) mass is 474 g/mol. The van der Waals surface area contributed by atoms with Crippen molar-refractivity contribution >= 4 is 23.9 Å². The second kappa shape index (κ2) is 10.8. The van der Waals surface area contributed by atoms with Crippen LogP contribution in [-0.2, 0) is 14.3 Å². The molecule has 0 aliphatic carbocycles. The lowest BCUT2D eigenvalue weighted by Gasteiger charge is -2.20. The van der Waals surface area contributed by atoms with E-state index in [2.05, 4.69) is 9.73 Å². The Labute approximate surface area is 195 Å². The summed E-state index contributed by atoms with van der Waals surface area (Å²) in [6, 6.07) is 10.8. The fourth-order valence-electron chi connectivity index (χ4n) is 3.11. The summed E-state index contributed by atoms with van der Waals surface area (Å²) in [5, 5.41) is 0. The number of hydrogen-bond donors (Lipinski definition) is 0. The summed E-state index contributed by atoms with van der Waals surface area (Å²) in [6.45, 7) is 0.737. The molecule has 1 heterocycles. The second-order valence-corrected chi connectivity index (χ2v) is 7.34. The van der Waals surface area contributed by atoms with Crippen molar-refractivity contribution in [3.05, 3.63) is 59.3 Å². The van der Waals surface area contributed by atoms with Crippen LogP contribution in [-0.4, -0.2) is 56.1 Å². The molecule has 2 aromatic rings. The van der Waals surface area contributed by atoms with Crippen molar-refractivity contribution in [2.45, 2.75) is 26.6 Å².